The van der Waals surface area contributed by atoms with Crippen LogP contribution < -0.4 is 4.90 Å². The quantitative estimate of drug-likeness (QED) is 0.773. The van der Waals surface area contributed by atoms with Crippen molar-refractivity contribution in [1.29, 1.82) is 0 Å². The predicted octanol–water partition coefficient (Wildman–Crippen LogP) is 2.56. The van der Waals surface area contributed by atoms with Crippen LogP contribution in [0.2, 0.25) is 0 Å². The minimum Gasteiger partial charge on any atom is -0.375 e. The second kappa shape index (κ2) is 7.41. The van der Waals surface area contributed by atoms with Gasteiger partial charge in [-0.25, -0.2) is 0 Å². The van der Waals surface area contributed by atoms with E-state index in [2.05, 4.69) is 39.7 Å². The van der Waals surface area contributed by atoms with Crippen molar-refractivity contribution in [2.45, 2.75) is 25.7 Å². The lowest BCUT2D eigenvalue weighted by atomic mass is 9.88. The lowest BCUT2D eigenvalue weighted by Crippen LogP contribution is -2.48. The third-order valence-corrected chi connectivity index (χ3v) is 5.67. The van der Waals surface area contributed by atoms with Crippen molar-refractivity contribution in [3.8, 4) is 0 Å². The molecule has 0 aliphatic carbocycles. The minimum atomic E-state index is -1.52. The molecule has 1 aromatic heterocycles. The molecule has 2 atom stereocenters. The van der Waals surface area contributed by atoms with E-state index in [1.165, 1.54) is 0 Å². The van der Waals surface area contributed by atoms with Crippen molar-refractivity contribution in [1.82, 2.24) is 9.88 Å². The van der Waals surface area contributed by atoms with Crippen molar-refractivity contribution < 1.29 is 10.2 Å². The third-order valence-electron chi connectivity index (χ3n) is 5.00. The molecule has 5 nitrogen and oxygen atoms in total. The van der Waals surface area contributed by atoms with Crippen LogP contribution >= 0.6 is 15.9 Å². The Balaban J connectivity index is 2.03. The van der Waals surface area contributed by atoms with Crippen molar-refractivity contribution in [3.63, 3.8) is 0 Å². The molecule has 0 saturated heterocycles. The van der Waals surface area contributed by atoms with Gasteiger partial charge in [0.05, 0.1) is 0 Å². The summed E-state index contributed by atoms with van der Waals surface area (Å²) in [6.45, 7) is 7.62. The molecule has 0 amide bonds. The molecule has 6 heteroatoms. The van der Waals surface area contributed by atoms with E-state index in [9.17, 15) is 10.2 Å². The zero-order valence-corrected chi connectivity index (χ0v) is 16.1. The van der Waals surface area contributed by atoms with Crippen LogP contribution in [0.3, 0.4) is 0 Å². The van der Waals surface area contributed by atoms with Crippen LogP contribution in [0, 0.1) is 0 Å². The summed E-state index contributed by atoms with van der Waals surface area (Å²) in [6, 6.07) is 9.33. The number of fused-ring (bicyclic) bond motifs is 1. The maximum absolute atomic E-state index is 11.5. The van der Waals surface area contributed by atoms with Gasteiger partial charge in [0, 0.05) is 46.8 Å². The average Bonchev–Trinajstić information content (AvgIpc) is 2.87. The SMILES string of the molecule is CCN(CC)CCN1c2cccc(Br)c2C(O)(c2cccnc2)C1O. The molecule has 0 bridgehead atoms. The van der Waals surface area contributed by atoms with Crippen LogP contribution in [0.4, 0.5) is 5.69 Å². The van der Waals surface area contributed by atoms with Gasteiger partial charge in [-0.2, -0.15) is 0 Å². The van der Waals surface area contributed by atoms with Crippen LogP contribution in [0.25, 0.3) is 0 Å². The van der Waals surface area contributed by atoms with Gasteiger partial charge < -0.3 is 20.0 Å². The van der Waals surface area contributed by atoms with Gasteiger partial charge in [-0.15, -0.1) is 0 Å². The van der Waals surface area contributed by atoms with Crippen LogP contribution in [-0.4, -0.2) is 52.5 Å². The average molecular weight is 406 g/mol. The highest BCUT2D eigenvalue weighted by Gasteiger charge is 2.51. The molecule has 2 heterocycles. The predicted molar refractivity (Wildman–Crippen MR) is 103 cm³/mol. The van der Waals surface area contributed by atoms with E-state index in [0.717, 1.165) is 29.8 Å². The topological polar surface area (TPSA) is 59.8 Å². The summed E-state index contributed by atoms with van der Waals surface area (Å²) in [4.78, 5) is 8.30. The summed E-state index contributed by atoms with van der Waals surface area (Å²) in [7, 11) is 0. The van der Waals surface area contributed by atoms with Crippen molar-refractivity contribution in [2.24, 2.45) is 0 Å². The fourth-order valence-corrected chi connectivity index (χ4v) is 4.19. The molecule has 2 aromatic rings. The van der Waals surface area contributed by atoms with Gasteiger partial charge in [-0.3, -0.25) is 4.98 Å². The molecule has 134 valence electrons. The van der Waals surface area contributed by atoms with Gasteiger partial charge in [-0.1, -0.05) is 41.9 Å². The number of nitrogens with zero attached hydrogens (tertiary/aromatic N) is 3. The molecule has 25 heavy (non-hydrogen) atoms. The Morgan fingerprint density at radius 2 is 2.00 bits per heavy atom. The van der Waals surface area contributed by atoms with Gasteiger partial charge in [0.15, 0.2) is 11.8 Å². The summed E-state index contributed by atoms with van der Waals surface area (Å²) < 4.78 is 0.778. The molecule has 2 N–H and O–H groups in total. The molecule has 2 unspecified atom stereocenters. The maximum Gasteiger partial charge on any atom is 0.164 e. The first-order valence-electron chi connectivity index (χ1n) is 8.62. The van der Waals surface area contributed by atoms with Crippen molar-refractivity contribution in [2.75, 3.05) is 31.1 Å². The fraction of sp³-hybridized carbons (Fsp3) is 0.421. The Morgan fingerprint density at radius 1 is 1.24 bits per heavy atom. The van der Waals surface area contributed by atoms with Gasteiger partial charge in [0.1, 0.15) is 0 Å². The summed E-state index contributed by atoms with van der Waals surface area (Å²) in [5.74, 6) is 0. The first kappa shape index (κ1) is 18.3. The summed E-state index contributed by atoms with van der Waals surface area (Å²) in [6.07, 6.45) is 2.20. The Hall–Kier alpha value is -1.47. The fourth-order valence-electron chi connectivity index (χ4n) is 3.53. The second-order valence-corrected chi connectivity index (χ2v) is 7.09. The summed E-state index contributed by atoms with van der Waals surface area (Å²) in [5.41, 5.74) is 0.601. The smallest absolute Gasteiger partial charge is 0.164 e. The van der Waals surface area contributed by atoms with Crippen LogP contribution in [0.5, 0.6) is 0 Å². The van der Waals surface area contributed by atoms with Crippen LogP contribution in [0.1, 0.15) is 25.0 Å². The van der Waals surface area contributed by atoms with Gasteiger partial charge >= 0.3 is 0 Å². The second-order valence-electron chi connectivity index (χ2n) is 6.24. The highest BCUT2D eigenvalue weighted by Crippen LogP contribution is 2.49. The molecule has 1 aliphatic heterocycles. The molecule has 3 rings (SSSR count). The minimum absolute atomic E-state index is 0.584. The Kier molecular flexibility index (Phi) is 5.43. The monoisotopic (exact) mass is 405 g/mol. The number of anilines is 1. The maximum atomic E-state index is 11.5. The molecular formula is C19H24BrN3O2. The molecule has 0 radical (unpaired) electrons. The number of aromatic nitrogens is 1. The number of benzene rings is 1. The first-order chi connectivity index (χ1) is 12.0. The number of hydrogen-bond donors (Lipinski definition) is 2. The standard InChI is InChI=1S/C19H24BrN3O2/c1-3-22(4-2)11-12-23-16-9-5-8-15(20)17(16)19(25,18(23)24)14-7-6-10-21-13-14/h5-10,13,18,24-25H,3-4,11-12H2,1-2H3. The first-order valence-corrected chi connectivity index (χ1v) is 9.42. The van der Waals surface area contributed by atoms with Crippen molar-refractivity contribution >= 4 is 21.6 Å². The number of pyridine rings is 1. The highest BCUT2D eigenvalue weighted by atomic mass is 79.9. The van der Waals surface area contributed by atoms with E-state index >= 15 is 0 Å². The molecule has 0 spiro atoms. The summed E-state index contributed by atoms with van der Waals surface area (Å²) >= 11 is 3.55. The number of likely N-dealkylation sites (N-methyl/N-ethyl adjacent to an activating group) is 1. The number of halogens is 1. The normalized spacial score (nSPS) is 22.5. The Bertz CT molecular complexity index is 724. The lowest BCUT2D eigenvalue weighted by Gasteiger charge is -2.33. The molecule has 1 aromatic carbocycles. The zero-order valence-electron chi connectivity index (χ0n) is 14.6. The van der Waals surface area contributed by atoms with Gasteiger partial charge in [-0.05, 0) is 31.3 Å². The molecule has 0 fully saturated rings. The molecule has 1 aliphatic rings. The van der Waals surface area contributed by atoms with E-state index in [0.29, 0.717) is 17.7 Å². The summed E-state index contributed by atoms with van der Waals surface area (Å²) in [5, 5.41) is 22.6. The van der Waals surface area contributed by atoms with Gasteiger partial charge in [0.25, 0.3) is 0 Å². The molecular weight excluding hydrogens is 382 g/mol. The van der Waals surface area contributed by atoms with E-state index in [-0.39, 0.29) is 0 Å². The number of aliphatic hydroxyl groups is 2. The number of hydrogen-bond acceptors (Lipinski definition) is 5. The lowest BCUT2D eigenvalue weighted by molar-refractivity contribution is -0.0393. The number of aliphatic hydroxyl groups excluding tert-OH is 1. The zero-order chi connectivity index (χ0) is 18.0. The third kappa shape index (κ3) is 3.08. The Morgan fingerprint density at radius 3 is 2.64 bits per heavy atom. The van der Waals surface area contributed by atoms with E-state index in [4.69, 9.17) is 0 Å². The van der Waals surface area contributed by atoms with Gasteiger partial charge in [0.2, 0.25) is 0 Å². The van der Waals surface area contributed by atoms with Crippen LogP contribution in [-0.2, 0) is 5.60 Å². The number of rotatable bonds is 6. The van der Waals surface area contributed by atoms with E-state index in [1.807, 2.05) is 23.1 Å². The molecule has 0 saturated carbocycles. The van der Waals surface area contributed by atoms with Crippen LogP contribution in [0.15, 0.2) is 47.2 Å². The largest absolute Gasteiger partial charge is 0.375 e. The van der Waals surface area contributed by atoms with E-state index < -0.39 is 11.8 Å². The highest BCUT2D eigenvalue weighted by molar-refractivity contribution is 9.10. The van der Waals surface area contributed by atoms with E-state index in [1.54, 1.807) is 24.5 Å². The Labute approximate surface area is 157 Å². The van der Waals surface area contributed by atoms with Crippen molar-refractivity contribution in [3.05, 3.63) is 58.3 Å².